The lowest BCUT2D eigenvalue weighted by molar-refractivity contribution is -0.0179. The number of ether oxygens (including phenoxy) is 1. The van der Waals surface area contributed by atoms with Crippen molar-refractivity contribution in [1.29, 1.82) is 0 Å². The van der Waals surface area contributed by atoms with Crippen LogP contribution in [0.4, 0.5) is 5.69 Å². The van der Waals surface area contributed by atoms with Crippen LogP contribution in [-0.4, -0.2) is 11.7 Å². The van der Waals surface area contributed by atoms with Gasteiger partial charge in [-0.15, -0.1) is 0 Å². The lowest BCUT2D eigenvalue weighted by Gasteiger charge is -2.43. The van der Waals surface area contributed by atoms with Gasteiger partial charge in [0.25, 0.3) is 0 Å². The van der Waals surface area contributed by atoms with Gasteiger partial charge in [-0.3, -0.25) is 0 Å². The number of fused-ring (bicyclic) bond motifs is 3. The van der Waals surface area contributed by atoms with Gasteiger partial charge in [-0.2, -0.15) is 0 Å². The van der Waals surface area contributed by atoms with Gasteiger partial charge in [0.05, 0.1) is 11.6 Å². The third kappa shape index (κ3) is 1.77. The summed E-state index contributed by atoms with van der Waals surface area (Å²) in [5, 5.41) is 13.8. The van der Waals surface area contributed by atoms with Crippen molar-refractivity contribution in [2.24, 2.45) is 5.92 Å². The fraction of sp³-hybridized carbons (Fsp3) is 0.333. The third-order valence-corrected chi connectivity index (χ3v) is 4.99. The highest BCUT2D eigenvalue weighted by atomic mass is 16.5. The minimum Gasteiger partial charge on any atom is -0.508 e. The zero-order valence-corrected chi connectivity index (χ0v) is 12.0. The number of benzene rings is 2. The highest BCUT2D eigenvalue weighted by molar-refractivity contribution is 5.59. The minimum absolute atomic E-state index is 0.0774. The molecule has 0 unspecified atom stereocenters. The fourth-order valence-corrected chi connectivity index (χ4v) is 3.90. The predicted molar refractivity (Wildman–Crippen MR) is 82.3 cm³/mol. The predicted octanol–water partition coefficient (Wildman–Crippen LogP) is 3.81. The van der Waals surface area contributed by atoms with E-state index in [9.17, 15) is 5.11 Å². The lowest BCUT2D eigenvalue weighted by Crippen LogP contribution is -2.40. The normalized spacial score (nSPS) is 30.3. The molecule has 4 rings (SSSR count). The van der Waals surface area contributed by atoms with Gasteiger partial charge >= 0.3 is 0 Å². The Morgan fingerprint density at radius 3 is 2.76 bits per heavy atom. The Kier molecular flexibility index (Phi) is 2.73. The van der Waals surface area contributed by atoms with E-state index in [1.807, 2.05) is 24.3 Å². The molecule has 1 fully saturated rings. The topological polar surface area (TPSA) is 41.5 Å². The van der Waals surface area contributed by atoms with E-state index in [0.29, 0.717) is 11.7 Å². The summed E-state index contributed by atoms with van der Waals surface area (Å²) in [4.78, 5) is 0. The van der Waals surface area contributed by atoms with Crippen molar-refractivity contribution in [2.75, 3.05) is 11.9 Å². The maximum absolute atomic E-state index is 10.2. The smallest absolute Gasteiger partial charge is 0.120 e. The monoisotopic (exact) mass is 281 g/mol. The first-order valence-electron chi connectivity index (χ1n) is 7.48. The molecule has 0 spiro atoms. The fourth-order valence-electron chi connectivity index (χ4n) is 3.90. The van der Waals surface area contributed by atoms with Crippen molar-refractivity contribution >= 4 is 5.69 Å². The molecule has 108 valence electrons. The molecular weight excluding hydrogens is 262 g/mol. The number of phenols is 1. The first-order chi connectivity index (χ1) is 10.2. The Labute approximate surface area is 124 Å². The van der Waals surface area contributed by atoms with Crippen molar-refractivity contribution in [3.63, 3.8) is 0 Å². The number of anilines is 1. The molecule has 2 aromatic carbocycles. The Morgan fingerprint density at radius 1 is 1.14 bits per heavy atom. The highest BCUT2D eigenvalue weighted by Crippen LogP contribution is 2.54. The van der Waals surface area contributed by atoms with E-state index in [4.69, 9.17) is 4.74 Å². The SMILES string of the molecule is C[C@]12OCC[C@@H]1[C@H](c1ccccc1O)Nc1ccccc12. The summed E-state index contributed by atoms with van der Waals surface area (Å²) in [5.41, 5.74) is 2.99. The van der Waals surface area contributed by atoms with Crippen LogP contribution in [0, 0.1) is 5.92 Å². The average Bonchev–Trinajstić information content (AvgIpc) is 2.90. The molecule has 0 amide bonds. The summed E-state index contributed by atoms with van der Waals surface area (Å²) < 4.78 is 6.14. The van der Waals surface area contributed by atoms with Crippen molar-refractivity contribution < 1.29 is 9.84 Å². The van der Waals surface area contributed by atoms with Gasteiger partial charge in [0.1, 0.15) is 5.75 Å². The van der Waals surface area contributed by atoms with Crippen molar-refractivity contribution in [2.45, 2.75) is 25.0 Å². The van der Waals surface area contributed by atoms with Gasteiger partial charge in [-0.1, -0.05) is 36.4 Å². The molecule has 0 aromatic heterocycles. The number of aromatic hydroxyl groups is 1. The van der Waals surface area contributed by atoms with E-state index >= 15 is 0 Å². The van der Waals surface area contributed by atoms with E-state index in [1.165, 1.54) is 5.56 Å². The van der Waals surface area contributed by atoms with Crippen molar-refractivity contribution in [3.05, 3.63) is 59.7 Å². The first-order valence-corrected chi connectivity index (χ1v) is 7.48. The van der Waals surface area contributed by atoms with Crippen LogP contribution in [0.25, 0.3) is 0 Å². The highest BCUT2D eigenvalue weighted by Gasteiger charge is 2.50. The summed E-state index contributed by atoms with van der Waals surface area (Å²) in [7, 11) is 0. The summed E-state index contributed by atoms with van der Waals surface area (Å²) in [6, 6.07) is 16.0. The molecule has 0 saturated carbocycles. The van der Waals surface area contributed by atoms with Gasteiger partial charge < -0.3 is 15.2 Å². The second kappa shape index (κ2) is 4.50. The quantitative estimate of drug-likeness (QED) is 0.835. The zero-order chi connectivity index (χ0) is 14.4. The number of hydrogen-bond donors (Lipinski definition) is 2. The number of para-hydroxylation sites is 2. The van der Waals surface area contributed by atoms with Crippen LogP contribution >= 0.6 is 0 Å². The molecule has 1 saturated heterocycles. The minimum atomic E-state index is -0.283. The van der Waals surface area contributed by atoms with Crippen LogP contribution in [0.3, 0.4) is 0 Å². The van der Waals surface area contributed by atoms with E-state index < -0.39 is 0 Å². The van der Waals surface area contributed by atoms with E-state index in [-0.39, 0.29) is 11.6 Å². The Balaban J connectivity index is 1.87. The van der Waals surface area contributed by atoms with Gasteiger partial charge in [0, 0.05) is 29.3 Å². The van der Waals surface area contributed by atoms with Crippen LogP contribution in [-0.2, 0) is 10.3 Å². The third-order valence-electron chi connectivity index (χ3n) is 4.99. The molecule has 21 heavy (non-hydrogen) atoms. The van der Waals surface area contributed by atoms with Gasteiger partial charge in [0.2, 0.25) is 0 Å². The van der Waals surface area contributed by atoms with Crippen LogP contribution in [0.15, 0.2) is 48.5 Å². The van der Waals surface area contributed by atoms with Crippen LogP contribution < -0.4 is 5.32 Å². The number of phenolic OH excluding ortho intramolecular Hbond substituents is 1. The van der Waals surface area contributed by atoms with Crippen molar-refractivity contribution in [3.8, 4) is 5.75 Å². The van der Waals surface area contributed by atoms with Gasteiger partial charge in [-0.05, 0) is 25.5 Å². The summed E-state index contributed by atoms with van der Waals surface area (Å²) in [5.74, 6) is 0.671. The molecule has 0 bridgehead atoms. The summed E-state index contributed by atoms with van der Waals surface area (Å²) in [6.45, 7) is 2.94. The molecule has 2 aliphatic heterocycles. The number of rotatable bonds is 1. The maximum Gasteiger partial charge on any atom is 0.120 e. The maximum atomic E-state index is 10.2. The van der Waals surface area contributed by atoms with Gasteiger partial charge in [0.15, 0.2) is 0 Å². The molecule has 3 atom stereocenters. The molecular formula is C18H19NO2. The largest absolute Gasteiger partial charge is 0.508 e. The Hall–Kier alpha value is -2.00. The first kappa shape index (κ1) is 12.7. The van der Waals surface area contributed by atoms with Crippen LogP contribution in [0.1, 0.15) is 30.5 Å². The lowest BCUT2D eigenvalue weighted by atomic mass is 9.73. The molecule has 2 heterocycles. The van der Waals surface area contributed by atoms with E-state index in [2.05, 4.69) is 30.4 Å². The van der Waals surface area contributed by atoms with Crippen molar-refractivity contribution in [1.82, 2.24) is 0 Å². The summed E-state index contributed by atoms with van der Waals surface area (Å²) >= 11 is 0. The Morgan fingerprint density at radius 2 is 1.90 bits per heavy atom. The molecule has 3 heteroatoms. The molecule has 2 aromatic rings. The average molecular weight is 281 g/mol. The second-order valence-electron chi connectivity index (χ2n) is 6.08. The standard InChI is InChI=1S/C18H19NO2/c1-18-13-7-3-4-8-15(13)19-17(14(18)10-11-21-18)12-6-2-5-9-16(12)20/h2-9,14,17,19-20H,10-11H2,1H3/t14-,17+,18-/m1/s1. The number of hydrogen-bond acceptors (Lipinski definition) is 3. The second-order valence-corrected chi connectivity index (χ2v) is 6.08. The van der Waals surface area contributed by atoms with Gasteiger partial charge in [-0.25, -0.2) is 0 Å². The van der Waals surface area contributed by atoms with E-state index in [1.54, 1.807) is 6.07 Å². The molecule has 3 nitrogen and oxygen atoms in total. The molecule has 0 aliphatic carbocycles. The van der Waals surface area contributed by atoms with Crippen LogP contribution in [0.2, 0.25) is 0 Å². The molecule has 0 radical (unpaired) electrons. The Bertz CT molecular complexity index is 684. The number of nitrogens with one attached hydrogen (secondary N) is 1. The molecule has 2 N–H and O–H groups in total. The van der Waals surface area contributed by atoms with E-state index in [0.717, 1.165) is 24.3 Å². The zero-order valence-electron chi connectivity index (χ0n) is 12.0. The summed E-state index contributed by atoms with van der Waals surface area (Å²) in [6.07, 6.45) is 0.997. The molecule has 2 aliphatic rings. The van der Waals surface area contributed by atoms with Crippen LogP contribution in [0.5, 0.6) is 5.75 Å².